The molecule has 4 unspecified atom stereocenters. The van der Waals surface area contributed by atoms with Crippen molar-refractivity contribution >= 4 is 28.7 Å². The Hall–Kier alpha value is -3.02. The summed E-state index contributed by atoms with van der Waals surface area (Å²) in [6.07, 6.45) is 6.55. The van der Waals surface area contributed by atoms with Gasteiger partial charge >= 0.3 is 5.97 Å². The summed E-state index contributed by atoms with van der Waals surface area (Å²) in [5.41, 5.74) is 0.571. The molecule has 2 aliphatic carbocycles. The Morgan fingerprint density at radius 3 is 2.50 bits per heavy atom. The summed E-state index contributed by atoms with van der Waals surface area (Å²) < 4.78 is 5.41. The molecule has 0 spiro atoms. The summed E-state index contributed by atoms with van der Waals surface area (Å²) in [4.78, 5) is 43.0. The van der Waals surface area contributed by atoms with E-state index in [9.17, 15) is 14.4 Å². The Labute approximate surface area is 149 Å². The number of hydrogen-bond donors (Lipinski definition) is 0. The zero-order chi connectivity index (χ0) is 17.8. The number of nitrogens with zero attached hydrogens (tertiary/aromatic N) is 2. The van der Waals surface area contributed by atoms with E-state index in [-0.39, 0.29) is 42.0 Å². The first-order valence-electron chi connectivity index (χ1n) is 8.71. The molecule has 5 rings (SSSR count). The fraction of sp³-hybridized carbons (Fsp3) is 0.300. The fourth-order valence-corrected chi connectivity index (χ4v) is 4.56. The molecule has 2 heterocycles. The van der Waals surface area contributed by atoms with Crippen molar-refractivity contribution in [1.29, 1.82) is 0 Å². The van der Waals surface area contributed by atoms with Crippen LogP contribution in [0.1, 0.15) is 6.42 Å². The van der Waals surface area contributed by atoms with Crippen LogP contribution in [0.15, 0.2) is 48.7 Å². The maximum atomic E-state index is 12.6. The van der Waals surface area contributed by atoms with Gasteiger partial charge in [-0.25, -0.2) is 4.79 Å². The number of imide groups is 1. The molecule has 3 aliphatic rings. The third-order valence-electron chi connectivity index (χ3n) is 5.67. The van der Waals surface area contributed by atoms with Gasteiger partial charge in [0.2, 0.25) is 11.8 Å². The van der Waals surface area contributed by atoms with E-state index >= 15 is 0 Å². The van der Waals surface area contributed by atoms with Gasteiger partial charge < -0.3 is 4.74 Å². The topological polar surface area (TPSA) is 76.6 Å². The van der Waals surface area contributed by atoms with E-state index in [0.717, 1.165) is 16.7 Å². The number of carbonyl (C=O) groups is 3. The largest absolute Gasteiger partial charge is 0.423 e. The Morgan fingerprint density at radius 1 is 1.08 bits per heavy atom. The molecule has 2 aromatic rings. The number of rotatable bonds is 3. The first-order valence-corrected chi connectivity index (χ1v) is 8.71. The molecule has 1 aromatic carbocycles. The number of likely N-dealkylation sites (tertiary alicyclic amines) is 1. The number of hydrogen-bond acceptors (Lipinski definition) is 5. The molecule has 0 N–H and O–H groups in total. The lowest BCUT2D eigenvalue weighted by molar-refractivity contribution is -0.148. The van der Waals surface area contributed by atoms with Crippen LogP contribution in [0.5, 0.6) is 5.75 Å². The average molecular weight is 348 g/mol. The number of pyridine rings is 1. The summed E-state index contributed by atoms with van der Waals surface area (Å²) in [6.45, 7) is -0.354. The summed E-state index contributed by atoms with van der Waals surface area (Å²) in [5.74, 6) is -1.14. The monoisotopic (exact) mass is 348 g/mol. The number of fused-ring (bicyclic) bond motifs is 6. The van der Waals surface area contributed by atoms with E-state index in [0.29, 0.717) is 11.3 Å². The van der Waals surface area contributed by atoms with Gasteiger partial charge in [-0.05, 0) is 30.4 Å². The predicted molar refractivity (Wildman–Crippen MR) is 91.8 cm³/mol. The summed E-state index contributed by atoms with van der Waals surface area (Å²) >= 11 is 0. The van der Waals surface area contributed by atoms with Gasteiger partial charge in [0.15, 0.2) is 5.75 Å². The van der Waals surface area contributed by atoms with Crippen LogP contribution in [-0.2, 0) is 14.4 Å². The Bertz CT molecular complexity index is 947. The second-order valence-corrected chi connectivity index (χ2v) is 7.07. The molecular weight excluding hydrogens is 332 g/mol. The summed E-state index contributed by atoms with van der Waals surface area (Å²) in [6, 6.07) is 8.97. The van der Waals surface area contributed by atoms with Crippen molar-refractivity contribution in [2.24, 2.45) is 23.7 Å². The highest BCUT2D eigenvalue weighted by Gasteiger charge is 2.59. The molecule has 2 amide bonds. The SMILES string of the molecule is O=C(CN1C(=O)C2C3C=CC(C3)C2C1=O)Oc1cccc2cccnc12. The van der Waals surface area contributed by atoms with Crippen LogP contribution in [0.3, 0.4) is 0 Å². The molecule has 6 heteroatoms. The average Bonchev–Trinajstić information content (AvgIpc) is 3.32. The first-order chi connectivity index (χ1) is 12.6. The zero-order valence-corrected chi connectivity index (χ0v) is 13.9. The van der Waals surface area contributed by atoms with Crippen molar-refractivity contribution in [1.82, 2.24) is 9.88 Å². The quantitative estimate of drug-likeness (QED) is 0.367. The molecule has 1 saturated heterocycles. The van der Waals surface area contributed by atoms with Crippen molar-refractivity contribution in [2.45, 2.75) is 6.42 Å². The van der Waals surface area contributed by atoms with E-state index < -0.39 is 5.97 Å². The van der Waals surface area contributed by atoms with Crippen molar-refractivity contribution in [2.75, 3.05) is 6.54 Å². The van der Waals surface area contributed by atoms with Gasteiger partial charge in [0.25, 0.3) is 0 Å². The highest BCUT2D eigenvalue weighted by molar-refractivity contribution is 6.08. The van der Waals surface area contributed by atoms with E-state index in [2.05, 4.69) is 4.98 Å². The van der Waals surface area contributed by atoms with Crippen LogP contribution in [0.4, 0.5) is 0 Å². The molecule has 6 nitrogen and oxygen atoms in total. The first kappa shape index (κ1) is 15.3. The van der Waals surface area contributed by atoms with Gasteiger partial charge in [0, 0.05) is 11.6 Å². The molecule has 2 bridgehead atoms. The smallest absolute Gasteiger partial charge is 0.331 e. The van der Waals surface area contributed by atoms with Gasteiger partial charge in [-0.15, -0.1) is 0 Å². The number of esters is 1. The van der Waals surface area contributed by atoms with Gasteiger partial charge in [-0.2, -0.15) is 0 Å². The Balaban J connectivity index is 1.35. The minimum absolute atomic E-state index is 0.129. The van der Waals surface area contributed by atoms with Gasteiger partial charge in [0.1, 0.15) is 12.1 Å². The number of allylic oxidation sites excluding steroid dienone is 2. The van der Waals surface area contributed by atoms with Crippen molar-refractivity contribution < 1.29 is 19.1 Å². The minimum atomic E-state index is -0.634. The predicted octanol–water partition coefficient (Wildman–Crippen LogP) is 1.95. The highest BCUT2D eigenvalue weighted by Crippen LogP contribution is 2.52. The minimum Gasteiger partial charge on any atom is -0.423 e. The third-order valence-corrected chi connectivity index (χ3v) is 5.67. The molecule has 2 fully saturated rings. The zero-order valence-electron chi connectivity index (χ0n) is 13.9. The normalized spacial score (nSPS) is 28.8. The molecule has 130 valence electrons. The number of ether oxygens (including phenoxy) is 1. The van der Waals surface area contributed by atoms with Crippen molar-refractivity contribution in [3.05, 3.63) is 48.7 Å². The summed E-state index contributed by atoms with van der Waals surface area (Å²) in [5, 5.41) is 0.850. The number of carbonyl (C=O) groups excluding carboxylic acids is 3. The molecular formula is C20H16N2O4. The third kappa shape index (κ3) is 2.11. The maximum Gasteiger partial charge on any atom is 0.331 e. The molecule has 1 aromatic heterocycles. The molecule has 26 heavy (non-hydrogen) atoms. The fourth-order valence-electron chi connectivity index (χ4n) is 4.56. The molecule has 4 atom stereocenters. The lowest BCUT2D eigenvalue weighted by Crippen LogP contribution is -2.38. The number of aromatic nitrogens is 1. The van der Waals surface area contributed by atoms with Gasteiger partial charge in [0.05, 0.1) is 11.8 Å². The van der Waals surface area contributed by atoms with E-state index in [4.69, 9.17) is 4.74 Å². The van der Waals surface area contributed by atoms with Crippen LogP contribution in [0.2, 0.25) is 0 Å². The standard InChI is InChI=1S/C20H16N2O4/c23-15(26-14-5-1-3-11-4-2-8-21-18(11)14)10-22-19(24)16-12-6-7-13(9-12)17(16)20(22)25/h1-8,12-13,16-17H,9-10H2. The maximum absolute atomic E-state index is 12.6. The van der Waals surface area contributed by atoms with E-state index in [1.807, 2.05) is 24.3 Å². The van der Waals surface area contributed by atoms with Gasteiger partial charge in [-0.1, -0.05) is 30.4 Å². The van der Waals surface area contributed by atoms with Crippen molar-refractivity contribution in [3.8, 4) is 5.75 Å². The van der Waals surface area contributed by atoms with Crippen LogP contribution in [0, 0.1) is 23.7 Å². The Morgan fingerprint density at radius 2 is 1.77 bits per heavy atom. The van der Waals surface area contributed by atoms with Crippen LogP contribution >= 0.6 is 0 Å². The van der Waals surface area contributed by atoms with Crippen LogP contribution in [-0.4, -0.2) is 34.2 Å². The molecule has 1 saturated carbocycles. The summed E-state index contributed by atoms with van der Waals surface area (Å²) in [7, 11) is 0. The van der Waals surface area contributed by atoms with E-state index in [1.54, 1.807) is 24.4 Å². The second kappa shape index (κ2) is 5.49. The van der Waals surface area contributed by atoms with Crippen LogP contribution < -0.4 is 4.74 Å². The Kier molecular flexibility index (Phi) is 3.22. The lowest BCUT2D eigenvalue weighted by atomic mass is 9.85. The number of benzene rings is 1. The highest BCUT2D eigenvalue weighted by atomic mass is 16.5. The van der Waals surface area contributed by atoms with Crippen molar-refractivity contribution in [3.63, 3.8) is 0 Å². The number of amides is 2. The second-order valence-electron chi connectivity index (χ2n) is 7.07. The molecule has 0 radical (unpaired) electrons. The lowest BCUT2D eigenvalue weighted by Gasteiger charge is -2.16. The van der Waals surface area contributed by atoms with Crippen LogP contribution in [0.25, 0.3) is 10.9 Å². The number of para-hydroxylation sites is 1. The van der Waals surface area contributed by atoms with Gasteiger partial charge in [-0.3, -0.25) is 19.5 Å². The molecule has 1 aliphatic heterocycles. The van der Waals surface area contributed by atoms with E-state index in [1.165, 1.54) is 0 Å².